The molecule has 0 aliphatic carbocycles. The van der Waals surface area contributed by atoms with E-state index >= 15 is 0 Å². The number of hydrogen-bond acceptors (Lipinski definition) is 4. The van der Waals surface area contributed by atoms with Gasteiger partial charge in [-0.25, -0.2) is 4.79 Å². The first-order valence-corrected chi connectivity index (χ1v) is 6.10. The summed E-state index contributed by atoms with van der Waals surface area (Å²) in [5.41, 5.74) is 0.730. The van der Waals surface area contributed by atoms with E-state index in [0.29, 0.717) is 11.0 Å². The molecular formula is C14H16O4. The van der Waals surface area contributed by atoms with Crippen molar-refractivity contribution in [2.24, 2.45) is 0 Å². The van der Waals surface area contributed by atoms with Gasteiger partial charge >= 0.3 is 5.63 Å². The van der Waals surface area contributed by atoms with Crippen LogP contribution < -0.4 is 5.63 Å². The molecule has 2 aromatic rings. The highest BCUT2D eigenvalue weighted by molar-refractivity contribution is 5.83. The molecule has 0 amide bonds. The van der Waals surface area contributed by atoms with Crippen molar-refractivity contribution >= 4 is 11.0 Å². The molecule has 0 bridgehead atoms. The van der Waals surface area contributed by atoms with Gasteiger partial charge in [-0.15, -0.1) is 0 Å². The SMILES string of the molecule is CCCCCc1cc(=O)oc2cc(O)c(O)cc12. The van der Waals surface area contributed by atoms with E-state index in [4.69, 9.17) is 4.42 Å². The largest absolute Gasteiger partial charge is 0.504 e. The van der Waals surface area contributed by atoms with Crippen molar-refractivity contribution in [1.29, 1.82) is 0 Å². The Hall–Kier alpha value is -1.97. The molecule has 0 unspecified atom stereocenters. The fourth-order valence-electron chi connectivity index (χ4n) is 2.02. The molecule has 0 radical (unpaired) electrons. The highest BCUT2D eigenvalue weighted by atomic mass is 16.4. The quantitative estimate of drug-likeness (QED) is 0.496. The number of aryl methyl sites for hydroxylation is 1. The summed E-state index contributed by atoms with van der Waals surface area (Å²) in [6.07, 6.45) is 3.94. The Morgan fingerprint density at radius 3 is 2.56 bits per heavy atom. The van der Waals surface area contributed by atoms with Crippen LogP contribution in [0.4, 0.5) is 0 Å². The average Bonchev–Trinajstić information content (AvgIpc) is 2.32. The van der Waals surface area contributed by atoms with Crippen LogP contribution in [-0.4, -0.2) is 10.2 Å². The maximum Gasteiger partial charge on any atom is 0.336 e. The van der Waals surface area contributed by atoms with Crippen LogP contribution in [0.5, 0.6) is 11.5 Å². The first kappa shape index (κ1) is 12.5. The summed E-state index contributed by atoms with van der Waals surface area (Å²) in [6, 6.07) is 4.17. The Morgan fingerprint density at radius 1 is 1.11 bits per heavy atom. The second-order valence-electron chi connectivity index (χ2n) is 4.38. The number of phenols is 2. The molecule has 0 aliphatic rings. The molecule has 0 spiro atoms. The van der Waals surface area contributed by atoms with Crippen LogP contribution in [0.25, 0.3) is 11.0 Å². The fourth-order valence-corrected chi connectivity index (χ4v) is 2.02. The number of phenolic OH excluding ortho intramolecular Hbond substituents is 2. The molecule has 1 aromatic heterocycles. The van der Waals surface area contributed by atoms with E-state index in [9.17, 15) is 15.0 Å². The van der Waals surface area contributed by atoms with Gasteiger partial charge in [-0.3, -0.25) is 0 Å². The molecule has 0 atom stereocenters. The Labute approximate surface area is 104 Å². The van der Waals surface area contributed by atoms with Crippen LogP contribution >= 0.6 is 0 Å². The third kappa shape index (κ3) is 2.47. The fraction of sp³-hybridized carbons (Fsp3) is 0.357. The van der Waals surface area contributed by atoms with Crippen molar-refractivity contribution in [2.75, 3.05) is 0 Å². The van der Waals surface area contributed by atoms with Crippen molar-refractivity contribution < 1.29 is 14.6 Å². The zero-order valence-electron chi connectivity index (χ0n) is 10.3. The lowest BCUT2D eigenvalue weighted by Gasteiger charge is -2.06. The van der Waals surface area contributed by atoms with Gasteiger partial charge in [0.05, 0.1) is 0 Å². The van der Waals surface area contributed by atoms with E-state index in [0.717, 1.165) is 31.2 Å². The minimum absolute atomic E-state index is 0.201. The molecule has 2 rings (SSSR count). The van der Waals surface area contributed by atoms with E-state index in [1.807, 2.05) is 0 Å². The van der Waals surface area contributed by atoms with E-state index in [1.165, 1.54) is 18.2 Å². The van der Waals surface area contributed by atoms with Crippen LogP contribution in [0.2, 0.25) is 0 Å². The first-order valence-electron chi connectivity index (χ1n) is 6.10. The Kier molecular flexibility index (Phi) is 3.55. The minimum atomic E-state index is -0.431. The van der Waals surface area contributed by atoms with Crippen molar-refractivity contribution in [2.45, 2.75) is 32.6 Å². The van der Waals surface area contributed by atoms with Gasteiger partial charge in [0.25, 0.3) is 0 Å². The molecule has 0 saturated carbocycles. The van der Waals surface area contributed by atoms with Gasteiger partial charge in [0.15, 0.2) is 11.5 Å². The number of aromatic hydroxyl groups is 2. The summed E-state index contributed by atoms with van der Waals surface area (Å²) in [7, 11) is 0. The van der Waals surface area contributed by atoms with Gasteiger partial charge in [0, 0.05) is 17.5 Å². The number of fused-ring (bicyclic) bond motifs is 1. The van der Waals surface area contributed by atoms with Crippen molar-refractivity contribution in [3.8, 4) is 11.5 Å². The molecule has 0 fully saturated rings. The molecule has 0 saturated heterocycles. The summed E-state index contributed by atoms with van der Waals surface area (Å²) in [5, 5.41) is 19.6. The first-order chi connectivity index (χ1) is 8.61. The molecule has 96 valence electrons. The second-order valence-corrected chi connectivity index (χ2v) is 4.38. The number of rotatable bonds is 4. The van der Waals surface area contributed by atoms with E-state index in [1.54, 1.807) is 0 Å². The van der Waals surface area contributed by atoms with Crippen molar-refractivity contribution in [3.05, 3.63) is 34.2 Å². The van der Waals surface area contributed by atoms with Gasteiger partial charge < -0.3 is 14.6 Å². The van der Waals surface area contributed by atoms with Crippen LogP contribution in [0.1, 0.15) is 31.7 Å². The molecule has 4 heteroatoms. The smallest absolute Gasteiger partial charge is 0.336 e. The van der Waals surface area contributed by atoms with Crippen LogP contribution in [0.3, 0.4) is 0 Å². The summed E-state index contributed by atoms with van der Waals surface area (Å²) < 4.78 is 5.02. The number of unbranched alkanes of at least 4 members (excludes halogenated alkanes) is 2. The summed E-state index contributed by atoms with van der Waals surface area (Å²) in [6.45, 7) is 2.11. The van der Waals surface area contributed by atoms with Crippen molar-refractivity contribution in [1.82, 2.24) is 0 Å². The maximum absolute atomic E-state index is 11.4. The zero-order valence-corrected chi connectivity index (χ0v) is 10.3. The van der Waals surface area contributed by atoms with E-state index in [2.05, 4.69) is 6.92 Å². The standard InChI is InChI=1S/C14H16O4/c1-2-3-4-5-9-6-14(17)18-13-8-12(16)11(15)7-10(9)13/h6-8,15-16H,2-5H2,1H3. The highest BCUT2D eigenvalue weighted by Gasteiger charge is 2.09. The monoisotopic (exact) mass is 248 g/mol. The van der Waals surface area contributed by atoms with Crippen LogP contribution in [-0.2, 0) is 6.42 Å². The lowest BCUT2D eigenvalue weighted by Crippen LogP contribution is -2.00. The Morgan fingerprint density at radius 2 is 1.83 bits per heavy atom. The maximum atomic E-state index is 11.4. The van der Waals surface area contributed by atoms with E-state index < -0.39 is 5.63 Å². The molecule has 2 N–H and O–H groups in total. The Balaban J connectivity index is 2.50. The lowest BCUT2D eigenvalue weighted by molar-refractivity contribution is 0.403. The molecule has 1 heterocycles. The van der Waals surface area contributed by atoms with Gasteiger partial charge in [-0.2, -0.15) is 0 Å². The van der Waals surface area contributed by atoms with Crippen molar-refractivity contribution in [3.63, 3.8) is 0 Å². The molecule has 18 heavy (non-hydrogen) atoms. The van der Waals surface area contributed by atoms with Gasteiger partial charge in [0.2, 0.25) is 0 Å². The van der Waals surface area contributed by atoms with Gasteiger partial charge in [-0.1, -0.05) is 19.8 Å². The number of hydrogen-bond donors (Lipinski definition) is 2. The summed E-state index contributed by atoms with van der Waals surface area (Å²) >= 11 is 0. The second kappa shape index (κ2) is 5.12. The summed E-state index contributed by atoms with van der Waals surface area (Å²) in [5.74, 6) is -0.482. The molecular weight excluding hydrogens is 232 g/mol. The third-order valence-electron chi connectivity index (χ3n) is 2.98. The number of benzene rings is 1. The summed E-state index contributed by atoms with van der Waals surface area (Å²) in [4.78, 5) is 11.4. The predicted octanol–water partition coefficient (Wildman–Crippen LogP) is 2.94. The van der Waals surface area contributed by atoms with Crippen LogP contribution in [0.15, 0.2) is 27.4 Å². The predicted molar refractivity (Wildman–Crippen MR) is 69.0 cm³/mol. The average molecular weight is 248 g/mol. The zero-order chi connectivity index (χ0) is 13.1. The normalized spacial score (nSPS) is 10.9. The third-order valence-corrected chi connectivity index (χ3v) is 2.98. The molecule has 1 aromatic carbocycles. The van der Waals surface area contributed by atoms with Crippen LogP contribution in [0, 0.1) is 0 Å². The lowest BCUT2D eigenvalue weighted by atomic mass is 10.0. The molecule has 4 nitrogen and oxygen atoms in total. The van der Waals surface area contributed by atoms with Gasteiger partial charge in [0.1, 0.15) is 5.58 Å². The van der Waals surface area contributed by atoms with E-state index in [-0.39, 0.29) is 11.5 Å². The van der Waals surface area contributed by atoms with Gasteiger partial charge in [-0.05, 0) is 24.5 Å². The topological polar surface area (TPSA) is 70.7 Å². The molecule has 0 aliphatic heterocycles. The highest BCUT2D eigenvalue weighted by Crippen LogP contribution is 2.31. The Bertz CT molecular complexity index is 613. The minimum Gasteiger partial charge on any atom is -0.504 e.